The second-order valence-corrected chi connectivity index (χ2v) is 5.57. The molecule has 1 aromatic rings. The molecule has 0 bridgehead atoms. The molecule has 1 amide bonds. The highest BCUT2D eigenvalue weighted by molar-refractivity contribution is 5.80. The minimum absolute atomic E-state index is 0.0666. The van der Waals surface area contributed by atoms with E-state index in [4.69, 9.17) is 5.11 Å². The Labute approximate surface area is 123 Å². The van der Waals surface area contributed by atoms with Crippen LogP contribution in [0, 0.1) is 17.7 Å². The van der Waals surface area contributed by atoms with Gasteiger partial charge in [-0.05, 0) is 43.4 Å². The van der Waals surface area contributed by atoms with Crippen molar-refractivity contribution >= 4 is 11.9 Å². The maximum absolute atomic E-state index is 12.8. The third-order valence-electron chi connectivity index (χ3n) is 4.02. The maximum atomic E-state index is 12.8. The molecule has 5 heteroatoms. The molecule has 0 spiro atoms. The summed E-state index contributed by atoms with van der Waals surface area (Å²) in [7, 11) is 0. The molecule has 1 fully saturated rings. The van der Waals surface area contributed by atoms with Gasteiger partial charge in [0.25, 0.3) is 0 Å². The average Bonchev–Trinajstić information content (AvgIpc) is 2.49. The summed E-state index contributed by atoms with van der Waals surface area (Å²) in [6, 6.07) is 6.19. The van der Waals surface area contributed by atoms with Crippen LogP contribution >= 0.6 is 0 Å². The number of benzene rings is 1. The van der Waals surface area contributed by atoms with E-state index in [9.17, 15) is 14.0 Å². The van der Waals surface area contributed by atoms with E-state index in [2.05, 4.69) is 5.32 Å². The van der Waals surface area contributed by atoms with E-state index >= 15 is 0 Å². The van der Waals surface area contributed by atoms with Crippen LogP contribution in [0.4, 0.5) is 4.39 Å². The van der Waals surface area contributed by atoms with Crippen LogP contribution in [0.5, 0.6) is 0 Å². The van der Waals surface area contributed by atoms with Crippen molar-refractivity contribution in [2.45, 2.75) is 32.1 Å². The molecule has 0 heterocycles. The second kappa shape index (κ2) is 7.20. The average molecular weight is 293 g/mol. The first-order valence-corrected chi connectivity index (χ1v) is 7.31. The molecule has 2 unspecified atom stereocenters. The fraction of sp³-hybridized carbons (Fsp3) is 0.500. The van der Waals surface area contributed by atoms with Crippen LogP contribution in [-0.4, -0.2) is 23.5 Å². The maximum Gasteiger partial charge on any atom is 0.306 e. The summed E-state index contributed by atoms with van der Waals surface area (Å²) in [4.78, 5) is 23.0. The molecular weight excluding hydrogens is 273 g/mol. The quantitative estimate of drug-likeness (QED) is 0.876. The van der Waals surface area contributed by atoms with Crippen LogP contribution in [0.3, 0.4) is 0 Å². The van der Waals surface area contributed by atoms with Crippen LogP contribution in [0.25, 0.3) is 0 Å². The molecular formula is C16H20FNO3. The minimum atomic E-state index is -0.807. The van der Waals surface area contributed by atoms with E-state index in [0.29, 0.717) is 25.8 Å². The van der Waals surface area contributed by atoms with E-state index in [1.54, 1.807) is 12.1 Å². The zero-order valence-corrected chi connectivity index (χ0v) is 11.8. The Balaban J connectivity index is 1.76. The minimum Gasteiger partial charge on any atom is -0.481 e. The predicted molar refractivity (Wildman–Crippen MR) is 76.2 cm³/mol. The Kier molecular flexibility index (Phi) is 5.31. The van der Waals surface area contributed by atoms with Gasteiger partial charge in [-0.3, -0.25) is 9.59 Å². The highest BCUT2D eigenvalue weighted by Gasteiger charge is 2.30. The van der Waals surface area contributed by atoms with Crippen molar-refractivity contribution in [2.75, 3.05) is 6.54 Å². The lowest BCUT2D eigenvalue weighted by Gasteiger charge is -2.25. The normalized spacial score (nSPS) is 21.8. The Morgan fingerprint density at radius 2 is 1.86 bits per heavy atom. The first-order chi connectivity index (χ1) is 10.1. The van der Waals surface area contributed by atoms with Gasteiger partial charge in [0.15, 0.2) is 0 Å². The lowest BCUT2D eigenvalue weighted by Crippen LogP contribution is -2.36. The number of aliphatic carboxylic acids is 1. The molecule has 2 atom stereocenters. The molecule has 0 saturated heterocycles. The number of carbonyl (C=O) groups is 2. The monoisotopic (exact) mass is 293 g/mol. The summed E-state index contributed by atoms with van der Waals surface area (Å²) in [5.41, 5.74) is 0.962. The van der Waals surface area contributed by atoms with Crippen molar-refractivity contribution in [3.63, 3.8) is 0 Å². The fourth-order valence-corrected chi connectivity index (χ4v) is 2.78. The van der Waals surface area contributed by atoms with Crippen LogP contribution in [0.15, 0.2) is 24.3 Å². The zero-order chi connectivity index (χ0) is 15.2. The highest BCUT2D eigenvalue weighted by atomic mass is 19.1. The van der Waals surface area contributed by atoms with Crippen molar-refractivity contribution < 1.29 is 19.1 Å². The third kappa shape index (κ3) is 4.55. The molecule has 0 aromatic heterocycles. The predicted octanol–water partition coefficient (Wildman–Crippen LogP) is 2.38. The van der Waals surface area contributed by atoms with Crippen LogP contribution in [-0.2, 0) is 16.0 Å². The number of carboxylic acid groups (broad SMARTS) is 1. The van der Waals surface area contributed by atoms with Gasteiger partial charge in [-0.2, -0.15) is 0 Å². The molecule has 2 rings (SSSR count). The van der Waals surface area contributed by atoms with Gasteiger partial charge < -0.3 is 10.4 Å². The summed E-state index contributed by atoms with van der Waals surface area (Å²) >= 11 is 0. The molecule has 4 nitrogen and oxygen atoms in total. The Bertz CT molecular complexity index is 501. The Morgan fingerprint density at radius 3 is 2.52 bits per heavy atom. The van der Waals surface area contributed by atoms with Gasteiger partial charge in [0.2, 0.25) is 5.91 Å². The van der Waals surface area contributed by atoms with Gasteiger partial charge in [0.05, 0.1) is 5.92 Å². The van der Waals surface area contributed by atoms with Crippen molar-refractivity contribution in [2.24, 2.45) is 11.8 Å². The summed E-state index contributed by atoms with van der Waals surface area (Å²) in [5.74, 6) is -1.74. The number of nitrogens with one attached hydrogen (secondary N) is 1. The topological polar surface area (TPSA) is 66.4 Å². The largest absolute Gasteiger partial charge is 0.481 e. The van der Waals surface area contributed by atoms with Crippen LogP contribution in [0.1, 0.15) is 31.2 Å². The van der Waals surface area contributed by atoms with Crippen molar-refractivity contribution in [3.05, 3.63) is 35.6 Å². The molecule has 1 aliphatic rings. The van der Waals surface area contributed by atoms with Gasteiger partial charge in [-0.1, -0.05) is 18.6 Å². The van der Waals surface area contributed by atoms with Crippen molar-refractivity contribution in [1.29, 1.82) is 0 Å². The zero-order valence-electron chi connectivity index (χ0n) is 11.8. The number of halogens is 1. The lowest BCUT2D eigenvalue weighted by atomic mass is 9.81. The second-order valence-electron chi connectivity index (χ2n) is 5.57. The summed E-state index contributed by atoms with van der Waals surface area (Å²) in [6.45, 7) is 0.485. The summed E-state index contributed by atoms with van der Waals surface area (Å²) in [6.07, 6.45) is 3.27. The molecule has 0 aliphatic heterocycles. The number of carbonyl (C=O) groups excluding carboxylic acids is 1. The van der Waals surface area contributed by atoms with Crippen molar-refractivity contribution in [1.82, 2.24) is 5.32 Å². The molecule has 0 radical (unpaired) electrons. The van der Waals surface area contributed by atoms with E-state index in [1.165, 1.54) is 12.1 Å². The highest BCUT2D eigenvalue weighted by Crippen LogP contribution is 2.29. The molecule has 1 aliphatic carbocycles. The van der Waals surface area contributed by atoms with E-state index in [-0.39, 0.29) is 17.6 Å². The Morgan fingerprint density at radius 1 is 1.19 bits per heavy atom. The molecule has 1 aromatic carbocycles. The number of carboxylic acids is 1. The van der Waals surface area contributed by atoms with Gasteiger partial charge in [-0.25, -0.2) is 4.39 Å². The standard InChI is InChI=1S/C16H20FNO3/c17-14-6-4-11(5-7-14)8-9-18-15(19)12-2-1-3-13(10-12)16(20)21/h4-7,12-13H,1-3,8-10H2,(H,18,19)(H,20,21). The molecule has 21 heavy (non-hydrogen) atoms. The number of rotatable bonds is 5. The van der Waals surface area contributed by atoms with Gasteiger partial charge in [0, 0.05) is 12.5 Å². The number of hydrogen-bond donors (Lipinski definition) is 2. The number of amides is 1. The molecule has 1 saturated carbocycles. The smallest absolute Gasteiger partial charge is 0.306 e. The van der Waals surface area contributed by atoms with E-state index in [1.807, 2.05) is 0 Å². The third-order valence-corrected chi connectivity index (χ3v) is 4.02. The lowest BCUT2D eigenvalue weighted by molar-refractivity contribution is -0.144. The van der Waals surface area contributed by atoms with E-state index in [0.717, 1.165) is 18.4 Å². The number of hydrogen-bond acceptors (Lipinski definition) is 2. The first-order valence-electron chi connectivity index (χ1n) is 7.31. The molecule has 114 valence electrons. The molecule has 2 N–H and O–H groups in total. The Hall–Kier alpha value is -1.91. The van der Waals surface area contributed by atoms with Crippen molar-refractivity contribution in [3.8, 4) is 0 Å². The van der Waals surface area contributed by atoms with Gasteiger partial charge >= 0.3 is 5.97 Å². The summed E-state index contributed by atoms with van der Waals surface area (Å²) in [5, 5.41) is 11.9. The fourth-order valence-electron chi connectivity index (χ4n) is 2.78. The van der Waals surface area contributed by atoms with Gasteiger partial charge in [0.1, 0.15) is 5.82 Å². The van der Waals surface area contributed by atoms with E-state index < -0.39 is 11.9 Å². The van der Waals surface area contributed by atoms with Crippen LogP contribution < -0.4 is 5.32 Å². The van der Waals surface area contributed by atoms with Gasteiger partial charge in [-0.15, -0.1) is 0 Å². The SMILES string of the molecule is O=C(O)C1CCCC(C(=O)NCCc2ccc(F)cc2)C1. The summed E-state index contributed by atoms with van der Waals surface area (Å²) < 4.78 is 12.8. The first kappa shape index (κ1) is 15.5. The van der Waals surface area contributed by atoms with Crippen LogP contribution in [0.2, 0.25) is 0 Å².